The van der Waals surface area contributed by atoms with Crippen molar-refractivity contribution in [1.82, 2.24) is 19.0 Å². The summed E-state index contributed by atoms with van der Waals surface area (Å²) in [6.45, 7) is 1.96. The highest BCUT2D eigenvalue weighted by atomic mass is 32.2. The van der Waals surface area contributed by atoms with Gasteiger partial charge < -0.3 is 0 Å². The fourth-order valence-corrected chi connectivity index (χ4v) is 6.64. The Labute approximate surface area is 237 Å². The first-order chi connectivity index (χ1) is 18.7. The molecule has 0 saturated carbocycles. The molecular weight excluding hydrogens is 549 g/mol. The van der Waals surface area contributed by atoms with Crippen LogP contribution in [0.3, 0.4) is 0 Å². The number of thiocarbonyl (C=S) groups is 1. The Kier molecular flexibility index (Phi) is 7.55. The lowest BCUT2D eigenvalue weighted by Crippen LogP contribution is -2.30. The third-order valence-electron chi connectivity index (χ3n) is 6.43. The number of carbonyl (C=O) groups excluding carboxylic acids is 1. The fourth-order valence-electron chi connectivity index (χ4n) is 4.28. The van der Waals surface area contributed by atoms with Crippen LogP contribution in [-0.4, -0.2) is 51.7 Å². The molecule has 1 aliphatic heterocycles. The van der Waals surface area contributed by atoms with Gasteiger partial charge in [-0.3, -0.25) is 9.69 Å². The Morgan fingerprint density at radius 2 is 1.64 bits per heavy atom. The molecule has 1 saturated heterocycles. The molecule has 1 aromatic heterocycles. The van der Waals surface area contributed by atoms with Crippen LogP contribution in [0.1, 0.15) is 24.1 Å². The zero-order valence-electron chi connectivity index (χ0n) is 21.6. The van der Waals surface area contributed by atoms with Crippen molar-refractivity contribution in [2.45, 2.75) is 17.9 Å². The average molecular weight is 575 g/mol. The normalized spacial score (nSPS) is 15.9. The molecule has 3 aromatic carbocycles. The molecule has 0 N–H and O–H groups in total. The Morgan fingerprint density at radius 3 is 2.31 bits per heavy atom. The van der Waals surface area contributed by atoms with Gasteiger partial charge in [-0.15, -0.1) is 0 Å². The molecule has 1 fully saturated rings. The van der Waals surface area contributed by atoms with Crippen molar-refractivity contribution in [2.24, 2.45) is 0 Å². The summed E-state index contributed by atoms with van der Waals surface area (Å²) in [6.07, 6.45) is 3.62. The molecule has 1 aliphatic rings. The van der Waals surface area contributed by atoms with Gasteiger partial charge in [0.1, 0.15) is 10.0 Å². The van der Waals surface area contributed by atoms with Crippen LogP contribution in [0.2, 0.25) is 0 Å². The molecule has 7 nitrogen and oxygen atoms in total. The van der Waals surface area contributed by atoms with Crippen LogP contribution in [0.5, 0.6) is 0 Å². The van der Waals surface area contributed by atoms with E-state index in [1.807, 2.05) is 79.9 Å². The summed E-state index contributed by atoms with van der Waals surface area (Å²) >= 11 is 6.86. The van der Waals surface area contributed by atoms with Crippen molar-refractivity contribution in [3.63, 3.8) is 0 Å². The summed E-state index contributed by atoms with van der Waals surface area (Å²) in [5.74, 6) is -0.177. The smallest absolute Gasteiger partial charge is 0.266 e. The third-order valence-corrected chi connectivity index (χ3v) is 9.57. The van der Waals surface area contributed by atoms with Gasteiger partial charge in [-0.25, -0.2) is 17.4 Å². The zero-order valence-corrected chi connectivity index (χ0v) is 24.0. The number of thioether (sulfide) groups is 1. The molecule has 1 amide bonds. The minimum absolute atomic E-state index is 0.160. The summed E-state index contributed by atoms with van der Waals surface area (Å²) in [7, 11) is -0.654. The molecule has 0 aliphatic carbocycles. The van der Waals surface area contributed by atoms with Crippen LogP contribution in [0, 0.1) is 0 Å². The maximum absolute atomic E-state index is 13.6. The molecule has 198 valence electrons. The van der Waals surface area contributed by atoms with E-state index in [1.54, 1.807) is 33.9 Å². The van der Waals surface area contributed by atoms with Crippen LogP contribution in [0.15, 0.2) is 101 Å². The van der Waals surface area contributed by atoms with Crippen LogP contribution >= 0.6 is 24.0 Å². The molecule has 1 atom stereocenters. The van der Waals surface area contributed by atoms with E-state index in [0.717, 1.165) is 11.3 Å². The van der Waals surface area contributed by atoms with Crippen molar-refractivity contribution >= 4 is 50.3 Å². The van der Waals surface area contributed by atoms with E-state index in [9.17, 15) is 13.2 Å². The highest BCUT2D eigenvalue weighted by Gasteiger charge is 2.36. The van der Waals surface area contributed by atoms with Crippen LogP contribution in [0.4, 0.5) is 0 Å². The van der Waals surface area contributed by atoms with Gasteiger partial charge >= 0.3 is 0 Å². The van der Waals surface area contributed by atoms with E-state index < -0.39 is 10.0 Å². The van der Waals surface area contributed by atoms with Crippen molar-refractivity contribution < 1.29 is 13.2 Å². The van der Waals surface area contributed by atoms with Gasteiger partial charge in [0, 0.05) is 31.4 Å². The maximum atomic E-state index is 13.6. The molecule has 0 bridgehead atoms. The first-order valence-electron chi connectivity index (χ1n) is 12.2. The van der Waals surface area contributed by atoms with Crippen LogP contribution in [-0.2, 0) is 14.8 Å². The van der Waals surface area contributed by atoms with Crippen LogP contribution < -0.4 is 0 Å². The van der Waals surface area contributed by atoms with Crippen molar-refractivity contribution in [1.29, 1.82) is 0 Å². The molecule has 2 heterocycles. The number of amides is 1. The number of hydrogen-bond acceptors (Lipinski definition) is 6. The number of nitrogens with zero attached hydrogens (tertiary/aromatic N) is 4. The van der Waals surface area contributed by atoms with Gasteiger partial charge in [0.05, 0.1) is 21.5 Å². The first kappa shape index (κ1) is 27.0. The van der Waals surface area contributed by atoms with Crippen molar-refractivity contribution in [3.05, 3.63) is 107 Å². The highest BCUT2D eigenvalue weighted by molar-refractivity contribution is 8.26. The molecule has 4 aromatic rings. The zero-order chi connectivity index (χ0) is 27.7. The molecule has 39 heavy (non-hydrogen) atoms. The van der Waals surface area contributed by atoms with E-state index >= 15 is 0 Å². The van der Waals surface area contributed by atoms with Gasteiger partial charge in [-0.2, -0.15) is 5.10 Å². The molecule has 5 rings (SSSR count). The highest BCUT2D eigenvalue weighted by Crippen LogP contribution is 2.39. The lowest BCUT2D eigenvalue weighted by atomic mass is 10.1. The first-order valence-corrected chi connectivity index (χ1v) is 14.8. The lowest BCUT2D eigenvalue weighted by molar-refractivity contribution is -0.123. The van der Waals surface area contributed by atoms with Crippen molar-refractivity contribution in [3.8, 4) is 16.9 Å². The number of sulfonamides is 1. The quantitative estimate of drug-likeness (QED) is 0.207. The molecule has 0 spiro atoms. The number of carbonyl (C=O) groups is 1. The Balaban J connectivity index is 1.59. The summed E-state index contributed by atoms with van der Waals surface area (Å²) in [4.78, 5) is 15.8. The van der Waals surface area contributed by atoms with Gasteiger partial charge in [-0.1, -0.05) is 84.6 Å². The Bertz CT molecular complexity index is 1680. The fraction of sp³-hybridized carbons (Fsp3) is 0.138. The maximum Gasteiger partial charge on any atom is 0.266 e. The summed E-state index contributed by atoms with van der Waals surface area (Å²) in [5.41, 5.74) is 3.67. The predicted octanol–water partition coefficient (Wildman–Crippen LogP) is 5.75. The summed E-state index contributed by atoms with van der Waals surface area (Å²) in [5, 5.41) is 4.80. The summed E-state index contributed by atoms with van der Waals surface area (Å²) in [6, 6.07) is 25.8. The number of hydrogen-bond donors (Lipinski definition) is 0. The molecular formula is C29H26N4O3S3. The number of aromatic nitrogens is 2. The van der Waals surface area contributed by atoms with E-state index in [1.165, 1.54) is 30.2 Å². The van der Waals surface area contributed by atoms with Crippen molar-refractivity contribution in [2.75, 3.05) is 14.1 Å². The second-order valence-corrected chi connectivity index (χ2v) is 13.0. The monoisotopic (exact) mass is 574 g/mol. The Hall–Kier alpha value is -3.57. The minimum atomic E-state index is -3.65. The molecule has 1 unspecified atom stereocenters. The SMILES string of the molecule is CC(c1ccccc1)N1C(=O)/C(=C/c2cn(-c3ccccc3)nc2-c2cccc(S(=O)(=O)N(C)C)c2)SC1=S. The molecule has 0 radical (unpaired) electrons. The van der Waals surface area contributed by atoms with E-state index in [4.69, 9.17) is 17.3 Å². The summed E-state index contributed by atoms with van der Waals surface area (Å²) < 4.78 is 29.0. The standard InChI is InChI=1S/C29H26N4O3S3/c1-20(21-11-6-4-7-12-21)33-28(34)26(38-29(33)37)18-23-19-32(24-14-8-5-9-15-24)30-27(23)22-13-10-16-25(17-22)39(35,36)31(2)3/h4-20H,1-3H3/b26-18-. The van der Waals surface area contributed by atoms with Gasteiger partial charge in [0.15, 0.2) is 0 Å². The van der Waals surface area contributed by atoms with E-state index in [-0.39, 0.29) is 16.8 Å². The van der Waals surface area contributed by atoms with Gasteiger partial charge in [0.2, 0.25) is 10.0 Å². The second kappa shape index (κ2) is 10.9. The number of benzene rings is 3. The Morgan fingerprint density at radius 1 is 0.974 bits per heavy atom. The number of para-hydroxylation sites is 1. The molecule has 10 heteroatoms. The van der Waals surface area contributed by atoms with E-state index in [2.05, 4.69) is 0 Å². The van der Waals surface area contributed by atoms with Gasteiger partial charge in [-0.05, 0) is 42.8 Å². The topological polar surface area (TPSA) is 75.5 Å². The minimum Gasteiger partial charge on any atom is -0.286 e. The van der Waals surface area contributed by atoms with Crippen LogP contribution in [0.25, 0.3) is 23.0 Å². The lowest BCUT2D eigenvalue weighted by Gasteiger charge is -2.23. The predicted molar refractivity (Wildman–Crippen MR) is 160 cm³/mol. The average Bonchev–Trinajstić information content (AvgIpc) is 3.49. The number of rotatable bonds is 7. The largest absolute Gasteiger partial charge is 0.286 e. The second-order valence-electron chi connectivity index (χ2n) is 9.17. The van der Waals surface area contributed by atoms with E-state index in [0.29, 0.717) is 26.0 Å². The third kappa shape index (κ3) is 5.33. The van der Waals surface area contributed by atoms with Gasteiger partial charge in [0.25, 0.3) is 5.91 Å².